The molecule has 1 heterocycles. The van der Waals surface area contributed by atoms with Gasteiger partial charge >= 0.3 is 6.18 Å². The maximum atomic E-state index is 12.7. The highest BCUT2D eigenvalue weighted by Gasteiger charge is 2.36. The van der Waals surface area contributed by atoms with Crippen LogP contribution in [0.25, 0.3) is 0 Å². The van der Waals surface area contributed by atoms with Gasteiger partial charge in [-0.3, -0.25) is 9.67 Å². The maximum absolute atomic E-state index is 12.7. The van der Waals surface area contributed by atoms with Crippen LogP contribution < -0.4 is 10.6 Å². The van der Waals surface area contributed by atoms with Gasteiger partial charge < -0.3 is 10.6 Å². The minimum atomic E-state index is -4.45. The van der Waals surface area contributed by atoms with Gasteiger partial charge in [0, 0.05) is 38.4 Å². The van der Waals surface area contributed by atoms with Crippen molar-refractivity contribution >= 4 is 29.9 Å². The third-order valence-corrected chi connectivity index (χ3v) is 2.27. The van der Waals surface area contributed by atoms with E-state index in [4.69, 9.17) is 0 Å². The molecule has 20 heavy (non-hydrogen) atoms. The van der Waals surface area contributed by atoms with Crippen LogP contribution in [0.4, 0.5) is 13.2 Å². The molecule has 5 nitrogen and oxygen atoms in total. The molecule has 0 radical (unpaired) electrons. The van der Waals surface area contributed by atoms with Crippen LogP contribution in [-0.4, -0.2) is 28.8 Å². The molecule has 0 atom stereocenters. The molecule has 1 aromatic rings. The Morgan fingerprint density at radius 2 is 2.05 bits per heavy atom. The second-order valence-corrected chi connectivity index (χ2v) is 4.40. The molecule has 1 rings (SSSR count). The van der Waals surface area contributed by atoms with Gasteiger partial charge in [0.05, 0.1) is 0 Å². The fourth-order valence-electron chi connectivity index (χ4n) is 1.55. The summed E-state index contributed by atoms with van der Waals surface area (Å²) in [6, 6.07) is 0.141. The molecule has 1 aromatic heterocycles. The van der Waals surface area contributed by atoms with E-state index in [9.17, 15) is 13.2 Å². The Bertz CT molecular complexity index is 453. The highest BCUT2D eigenvalue weighted by Crippen LogP contribution is 2.30. The number of nitrogens with one attached hydrogen (secondary N) is 2. The molecule has 0 saturated heterocycles. The van der Waals surface area contributed by atoms with Crippen LogP contribution in [0.2, 0.25) is 0 Å². The number of alkyl halides is 3. The number of aromatic nitrogens is 2. The number of aliphatic imine (C=N–C) groups is 1. The predicted molar refractivity (Wildman–Crippen MR) is 82.1 cm³/mol. The minimum Gasteiger partial charge on any atom is -0.354 e. The number of hydrogen-bond donors (Lipinski definition) is 2. The molecule has 2 N–H and O–H groups in total. The Labute approximate surface area is 133 Å². The monoisotopic (exact) mass is 405 g/mol. The summed E-state index contributed by atoms with van der Waals surface area (Å²) in [5.74, 6) is 0.451. The summed E-state index contributed by atoms with van der Waals surface area (Å²) in [5, 5.41) is 9.26. The zero-order valence-corrected chi connectivity index (χ0v) is 14.1. The Morgan fingerprint density at radius 1 is 1.45 bits per heavy atom. The van der Waals surface area contributed by atoms with Gasteiger partial charge in [-0.05, 0) is 13.8 Å². The van der Waals surface area contributed by atoms with Gasteiger partial charge in [-0.25, -0.2) is 0 Å². The molecular weight excluding hydrogens is 386 g/mol. The lowest BCUT2D eigenvalue weighted by Gasteiger charge is -2.14. The second kappa shape index (κ2) is 7.70. The number of nitrogens with zero attached hydrogens (tertiary/aromatic N) is 3. The Balaban J connectivity index is 0.00000361. The third kappa shape index (κ3) is 5.55. The van der Waals surface area contributed by atoms with E-state index in [1.807, 2.05) is 13.8 Å². The molecule has 0 aromatic carbocycles. The highest BCUT2D eigenvalue weighted by atomic mass is 127. The first-order valence-corrected chi connectivity index (χ1v) is 5.81. The van der Waals surface area contributed by atoms with E-state index < -0.39 is 11.9 Å². The second-order valence-electron chi connectivity index (χ2n) is 4.40. The lowest BCUT2D eigenvalue weighted by molar-refractivity contribution is -0.142. The lowest BCUT2D eigenvalue weighted by atomic mass is 10.2. The molecule has 9 heteroatoms. The van der Waals surface area contributed by atoms with E-state index in [1.165, 1.54) is 13.2 Å². The standard InChI is InChI=1S/C11H18F3N5.HI/c1-7(2)17-10(15-3)16-5-8-6-19(4)18-9(8)11(12,13)14;/h6-7H,5H2,1-4H3,(H2,15,16,17);1H. The van der Waals surface area contributed by atoms with Crippen molar-refractivity contribution in [1.29, 1.82) is 0 Å². The van der Waals surface area contributed by atoms with E-state index in [0.717, 1.165) is 4.68 Å². The van der Waals surface area contributed by atoms with Crippen LogP contribution in [0.15, 0.2) is 11.2 Å². The molecule has 0 bridgehead atoms. The fraction of sp³-hybridized carbons (Fsp3) is 0.636. The lowest BCUT2D eigenvalue weighted by Crippen LogP contribution is -2.40. The van der Waals surface area contributed by atoms with E-state index in [1.54, 1.807) is 7.05 Å². The van der Waals surface area contributed by atoms with Crippen molar-refractivity contribution in [2.45, 2.75) is 32.6 Å². The quantitative estimate of drug-likeness (QED) is 0.461. The van der Waals surface area contributed by atoms with Crippen LogP contribution >= 0.6 is 24.0 Å². The fourth-order valence-corrected chi connectivity index (χ4v) is 1.55. The first-order chi connectivity index (χ1) is 8.74. The van der Waals surface area contributed by atoms with Gasteiger partial charge in [-0.2, -0.15) is 18.3 Å². The van der Waals surface area contributed by atoms with Crippen LogP contribution in [0.3, 0.4) is 0 Å². The largest absolute Gasteiger partial charge is 0.435 e. The molecule has 0 amide bonds. The third-order valence-electron chi connectivity index (χ3n) is 2.27. The average molecular weight is 405 g/mol. The summed E-state index contributed by atoms with van der Waals surface area (Å²) in [6.45, 7) is 3.84. The van der Waals surface area contributed by atoms with E-state index in [2.05, 4.69) is 20.7 Å². The highest BCUT2D eigenvalue weighted by molar-refractivity contribution is 14.0. The van der Waals surface area contributed by atoms with Crippen molar-refractivity contribution in [1.82, 2.24) is 20.4 Å². The smallest absolute Gasteiger partial charge is 0.354 e. The van der Waals surface area contributed by atoms with Crippen molar-refractivity contribution in [3.8, 4) is 0 Å². The van der Waals surface area contributed by atoms with Crippen LogP contribution in [0.5, 0.6) is 0 Å². The van der Waals surface area contributed by atoms with Gasteiger partial charge in [0.25, 0.3) is 0 Å². The van der Waals surface area contributed by atoms with Crippen molar-refractivity contribution in [2.75, 3.05) is 7.05 Å². The topological polar surface area (TPSA) is 54.2 Å². The molecule has 0 saturated carbocycles. The number of guanidine groups is 1. The molecule has 0 fully saturated rings. The van der Waals surface area contributed by atoms with Crippen LogP contribution in [0, 0.1) is 0 Å². The zero-order chi connectivity index (χ0) is 14.6. The Kier molecular flexibility index (Phi) is 7.31. The summed E-state index contributed by atoms with van der Waals surface area (Å²) >= 11 is 0. The molecule has 116 valence electrons. The van der Waals surface area contributed by atoms with Gasteiger partial charge in [-0.1, -0.05) is 0 Å². The predicted octanol–water partition coefficient (Wildman–Crippen LogP) is 2.13. The minimum absolute atomic E-state index is 0. The van der Waals surface area contributed by atoms with Gasteiger partial charge in [-0.15, -0.1) is 24.0 Å². The Morgan fingerprint density at radius 3 is 2.50 bits per heavy atom. The first kappa shape index (κ1) is 19.0. The molecule has 0 spiro atoms. The molecule has 0 aliphatic rings. The number of rotatable bonds is 3. The summed E-state index contributed by atoms with van der Waals surface area (Å²) in [4.78, 5) is 3.93. The summed E-state index contributed by atoms with van der Waals surface area (Å²) in [7, 11) is 3.02. The summed E-state index contributed by atoms with van der Waals surface area (Å²) in [5.41, 5.74) is -0.788. The van der Waals surface area contributed by atoms with Crippen molar-refractivity contribution < 1.29 is 13.2 Å². The molecule has 0 aliphatic carbocycles. The van der Waals surface area contributed by atoms with Crippen molar-refractivity contribution in [3.05, 3.63) is 17.5 Å². The van der Waals surface area contributed by atoms with Gasteiger partial charge in [0.1, 0.15) is 0 Å². The van der Waals surface area contributed by atoms with Crippen LogP contribution in [-0.2, 0) is 19.8 Å². The number of halogens is 4. The van der Waals surface area contributed by atoms with Crippen molar-refractivity contribution in [2.24, 2.45) is 12.0 Å². The summed E-state index contributed by atoms with van der Waals surface area (Å²) < 4.78 is 39.3. The SMILES string of the molecule is CN=C(NCc1cn(C)nc1C(F)(F)F)NC(C)C.I. The number of aryl methyl sites for hydroxylation is 1. The molecule has 0 unspecified atom stereocenters. The average Bonchev–Trinajstić information content (AvgIpc) is 2.65. The van der Waals surface area contributed by atoms with Gasteiger partial charge in [0.2, 0.25) is 0 Å². The molecule has 0 aliphatic heterocycles. The normalized spacial score (nSPS) is 12.3. The molecular formula is C11H19F3IN5. The number of hydrogen-bond acceptors (Lipinski definition) is 2. The summed E-state index contributed by atoms with van der Waals surface area (Å²) in [6.07, 6.45) is -3.11. The maximum Gasteiger partial charge on any atom is 0.435 e. The van der Waals surface area contributed by atoms with E-state index >= 15 is 0 Å². The first-order valence-electron chi connectivity index (χ1n) is 5.81. The Hall–Kier alpha value is -1.00. The van der Waals surface area contributed by atoms with E-state index in [-0.39, 0.29) is 42.1 Å². The van der Waals surface area contributed by atoms with Crippen LogP contribution in [0.1, 0.15) is 25.1 Å². The van der Waals surface area contributed by atoms with E-state index in [0.29, 0.717) is 5.96 Å². The van der Waals surface area contributed by atoms with Crippen molar-refractivity contribution in [3.63, 3.8) is 0 Å². The zero-order valence-electron chi connectivity index (χ0n) is 11.7. The van der Waals surface area contributed by atoms with Gasteiger partial charge in [0.15, 0.2) is 11.7 Å².